The van der Waals surface area contributed by atoms with Crippen molar-refractivity contribution in [1.82, 2.24) is 25.5 Å². The summed E-state index contributed by atoms with van der Waals surface area (Å²) >= 11 is 7.60. The molecule has 4 rings (SSSR count). The Kier molecular flexibility index (Phi) is 5.74. The molecule has 9 nitrogen and oxygen atoms in total. The predicted molar refractivity (Wildman–Crippen MR) is 108 cm³/mol. The summed E-state index contributed by atoms with van der Waals surface area (Å²) in [5, 5.41) is 25.1. The van der Waals surface area contributed by atoms with Crippen molar-refractivity contribution in [3.05, 3.63) is 51.3 Å². The number of tetrazole rings is 1. The first-order chi connectivity index (χ1) is 14.5. The van der Waals surface area contributed by atoms with Gasteiger partial charge in [-0.25, -0.2) is 4.68 Å². The van der Waals surface area contributed by atoms with Gasteiger partial charge in [-0.1, -0.05) is 41.6 Å². The largest absolute Gasteiger partial charge is 0.468 e. The van der Waals surface area contributed by atoms with Crippen LogP contribution in [0.3, 0.4) is 0 Å². The van der Waals surface area contributed by atoms with Crippen LogP contribution in [0.4, 0.5) is 0 Å². The highest BCUT2D eigenvalue weighted by Gasteiger charge is 2.45. The monoisotopic (exact) mass is 444 g/mol. The van der Waals surface area contributed by atoms with Gasteiger partial charge in [0.2, 0.25) is 5.91 Å². The summed E-state index contributed by atoms with van der Waals surface area (Å²) in [5.41, 5.74) is 0.760. The smallest absolute Gasteiger partial charge is 0.319 e. The van der Waals surface area contributed by atoms with E-state index < -0.39 is 23.7 Å². The number of thioether (sulfide) groups is 1. The molecule has 154 valence electrons. The van der Waals surface area contributed by atoms with Crippen LogP contribution in [-0.2, 0) is 20.1 Å². The van der Waals surface area contributed by atoms with Gasteiger partial charge in [0.25, 0.3) is 0 Å². The van der Waals surface area contributed by atoms with Gasteiger partial charge in [-0.15, -0.1) is 5.10 Å². The first-order valence-corrected chi connectivity index (χ1v) is 10.6. The Morgan fingerprint density at radius 1 is 1.43 bits per heavy atom. The van der Waals surface area contributed by atoms with Crippen LogP contribution in [0.2, 0.25) is 5.02 Å². The minimum absolute atomic E-state index is 0.244. The molecule has 1 aliphatic carbocycles. The van der Waals surface area contributed by atoms with Gasteiger partial charge in [-0.2, -0.15) is 5.26 Å². The molecule has 0 radical (unpaired) electrons. The zero-order chi connectivity index (χ0) is 21.3. The van der Waals surface area contributed by atoms with Crippen molar-refractivity contribution in [2.24, 2.45) is 5.92 Å². The number of carbonyl (C=O) groups excluding carboxylic acids is 2. The van der Waals surface area contributed by atoms with Crippen LogP contribution in [0.25, 0.3) is 0 Å². The fourth-order valence-corrected chi connectivity index (χ4v) is 4.65. The Morgan fingerprint density at radius 2 is 2.20 bits per heavy atom. The maximum atomic E-state index is 12.9. The summed E-state index contributed by atoms with van der Waals surface area (Å²) < 4.78 is 6.61. The highest BCUT2D eigenvalue weighted by Crippen LogP contribution is 2.43. The molecule has 1 N–H and O–H groups in total. The molecule has 2 aliphatic rings. The molecule has 0 saturated heterocycles. The number of nitriles is 1. The van der Waals surface area contributed by atoms with Crippen molar-refractivity contribution >= 4 is 35.2 Å². The number of halogens is 1. The van der Waals surface area contributed by atoms with Gasteiger partial charge in [0.1, 0.15) is 5.92 Å². The third-order valence-corrected chi connectivity index (χ3v) is 6.38. The highest BCUT2D eigenvalue weighted by atomic mass is 35.5. The number of benzene rings is 1. The Hall–Kier alpha value is -2.90. The lowest BCUT2D eigenvalue weighted by atomic mass is 9.78. The molecule has 1 fully saturated rings. The van der Waals surface area contributed by atoms with E-state index in [-0.39, 0.29) is 5.57 Å². The molecule has 2 aromatic rings. The van der Waals surface area contributed by atoms with Gasteiger partial charge in [0.15, 0.2) is 5.82 Å². The molecule has 1 saturated carbocycles. The molecule has 1 aromatic heterocycles. The molecule has 11 heteroatoms. The number of aromatic nitrogens is 4. The number of nitrogens with one attached hydrogen (secondary N) is 1. The summed E-state index contributed by atoms with van der Waals surface area (Å²) in [6, 6.07) is 9.31. The number of ether oxygens (including phenoxy) is 1. The van der Waals surface area contributed by atoms with E-state index in [2.05, 4.69) is 26.9 Å². The first kappa shape index (κ1) is 20.4. The van der Waals surface area contributed by atoms with E-state index in [0.29, 0.717) is 33.2 Å². The average Bonchev–Trinajstić information content (AvgIpc) is 3.49. The minimum Gasteiger partial charge on any atom is -0.468 e. The van der Waals surface area contributed by atoms with Crippen LogP contribution in [0.15, 0.2) is 34.9 Å². The second kappa shape index (κ2) is 8.45. The maximum Gasteiger partial charge on any atom is 0.319 e. The van der Waals surface area contributed by atoms with Crippen molar-refractivity contribution in [3.63, 3.8) is 0 Å². The fourth-order valence-electron chi connectivity index (χ4n) is 3.43. The van der Waals surface area contributed by atoms with Gasteiger partial charge in [0.05, 0.1) is 35.6 Å². The topological polar surface area (TPSA) is 123 Å². The Morgan fingerprint density at radius 3 is 2.87 bits per heavy atom. The fraction of sp³-hybridized carbons (Fsp3) is 0.368. The molecule has 2 atom stereocenters. The number of amides is 1. The van der Waals surface area contributed by atoms with Crippen LogP contribution < -0.4 is 5.32 Å². The zero-order valence-electron chi connectivity index (χ0n) is 15.9. The molecule has 0 bridgehead atoms. The third-order valence-electron chi connectivity index (χ3n) is 5.02. The van der Waals surface area contributed by atoms with Crippen molar-refractivity contribution in [2.45, 2.75) is 30.6 Å². The van der Waals surface area contributed by atoms with Crippen molar-refractivity contribution in [1.29, 1.82) is 5.26 Å². The second-order valence-electron chi connectivity index (χ2n) is 6.90. The van der Waals surface area contributed by atoms with Crippen molar-refractivity contribution in [3.8, 4) is 6.07 Å². The normalized spacial score (nSPS) is 21.2. The first-order valence-electron chi connectivity index (χ1n) is 9.22. The van der Waals surface area contributed by atoms with E-state index in [0.717, 1.165) is 12.8 Å². The van der Waals surface area contributed by atoms with E-state index in [1.54, 1.807) is 28.9 Å². The van der Waals surface area contributed by atoms with Crippen molar-refractivity contribution in [2.75, 3.05) is 7.11 Å². The molecular weight excluding hydrogens is 428 g/mol. The molecule has 1 aliphatic heterocycles. The number of esters is 1. The second-order valence-corrected chi connectivity index (χ2v) is 8.30. The number of rotatable bonds is 6. The predicted octanol–water partition coefficient (Wildman–Crippen LogP) is 2.33. The van der Waals surface area contributed by atoms with Crippen LogP contribution in [0, 0.1) is 17.2 Å². The summed E-state index contributed by atoms with van der Waals surface area (Å²) in [4.78, 5) is 25.3. The Labute approximate surface area is 181 Å². The minimum atomic E-state index is -1.22. The van der Waals surface area contributed by atoms with E-state index in [9.17, 15) is 14.9 Å². The number of carbonyl (C=O) groups is 2. The molecule has 1 amide bonds. The van der Waals surface area contributed by atoms with Crippen LogP contribution in [0.5, 0.6) is 0 Å². The van der Waals surface area contributed by atoms with Gasteiger partial charge >= 0.3 is 5.97 Å². The SMILES string of the molecule is COC(=O)[C@H]1C(=O)NC(SCc2nnnn2C2CC2)=C(C#N)[C@H]1c1ccccc1Cl. The van der Waals surface area contributed by atoms with Gasteiger partial charge in [-0.3, -0.25) is 9.59 Å². The number of methoxy groups -OCH3 is 1. The van der Waals surface area contributed by atoms with E-state index in [4.69, 9.17) is 16.3 Å². The highest BCUT2D eigenvalue weighted by molar-refractivity contribution is 8.02. The lowest BCUT2D eigenvalue weighted by molar-refractivity contribution is -0.150. The molecule has 2 heterocycles. The number of nitrogens with zero attached hydrogens (tertiary/aromatic N) is 5. The molecular formula is C19H17ClN6O3S. The van der Waals surface area contributed by atoms with E-state index >= 15 is 0 Å². The summed E-state index contributed by atoms with van der Waals surface area (Å²) in [6.07, 6.45) is 2.06. The van der Waals surface area contributed by atoms with Crippen molar-refractivity contribution < 1.29 is 14.3 Å². The van der Waals surface area contributed by atoms with Crippen LogP contribution in [-0.4, -0.2) is 39.2 Å². The number of hydrogen-bond donors (Lipinski definition) is 1. The zero-order valence-corrected chi connectivity index (χ0v) is 17.5. The molecule has 30 heavy (non-hydrogen) atoms. The summed E-state index contributed by atoms with van der Waals surface area (Å²) in [7, 11) is 1.21. The van der Waals surface area contributed by atoms with Gasteiger partial charge in [-0.05, 0) is 34.9 Å². The Bertz CT molecular complexity index is 1070. The molecule has 0 spiro atoms. The van der Waals surface area contributed by atoms with E-state index in [1.165, 1.54) is 18.9 Å². The standard InChI is InChI=1S/C19H17ClN6O3S/c1-29-19(28)16-15(11-4-2-3-5-13(11)20)12(8-21)18(22-17(16)27)30-9-14-23-24-25-26(14)10-6-7-10/h2-5,10,15-16H,6-7,9H2,1H3,(H,22,27)/t15-,16-/m1/s1. The van der Waals surface area contributed by atoms with E-state index in [1.807, 2.05) is 0 Å². The number of allylic oxidation sites excluding steroid dienone is 1. The summed E-state index contributed by atoms with van der Waals surface area (Å²) in [5.74, 6) is -2.33. The van der Waals surface area contributed by atoms with Crippen LogP contribution in [0.1, 0.15) is 36.2 Å². The van der Waals surface area contributed by atoms with Gasteiger partial charge in [0, 0.05) is 10.9 Å². The quantitative estimate of drug-likeness (QED) is 0.532. The third kappa shape index (κ3) is 3.78. The van der Waals surface area contributed by atoms with Crippen LogP contribution >= 0.6 is 23.4 Å². The lowest BCUT2D eigenvalue weighted by Gasteiger charge is -2.31. The maximum absolute atomic E-state index is 12.9. The summed E-state index contributed by atoms with van der Waals surface area (Å²) in [6.45, 7) is 0. The molecule has 0 unspecified atom stereocenters. The van der Waals surface area contributed by atoms with Gasteiger partial charge < -0.3 is 10.1 Å². The Balaban J connectivity index is 1.72. The lowest BCUT2D eigenvalue weighted by Crippen LogP contribution is -2.44. The number of hydrogen-bond acceptors (Lipinski definition) is 8. The average molecular weight is 445 g/mol. The molecule has 1 aromatic carbocycles.